The van der Waals surface area contributed by atoms with E-state index in [1.165, 1.54) is 11.8 Å². The summed E-state index contributed by atoms with van der Waals surface area (Å²) in [6.07, 6.45) is 1.81. The van der Waals surface area contributed by atoms with Crippen LogP contribution in [0, 0.1) is 0 Å². The Labute approximate surface area is 184 Å². The van der Waals surface area contributed by atoms with E-state index in [0.717, 1.165) is 27.8 Å². The molecule has 0 aliphatic carbocycles. The van der Waals surface area contributed by atoms with Gasteiger partial charge >= 0.3 is 0 Å². The number of aliphatic hydroxyl groups excluding tert-OH is 1. The van der Waals surface area contributed by atoms with Gasteiger partial charge in [-0.3, -0.25) is 4.79 Å². The van der Waals surface area contributed by atoms with Crippen LogP contribution in [0.5, 0.6) is 5.75 Å². The molecule has 0 aliphatic heterocycles. The van der Waals surface area contributed by atoms with Crippen LogP contribution < -0.4 is 10.1 Å². The predicted molar refractivity (Wildman–Crippen MR) is 124 cm³/mol. The first-order valence-electron chi connectivity index (χ1n) is 9.86. The number of imidazole rings is 1. The number of thioether (sulfide) groups is 1. The second-order valence-electron chi connectivity index (χ2n) is 7.01. The molecule has 1 aromatic heterocycles. The third kappa shape index (κ3) is 5.07. The molecule has 0 saturated carbocycles. The third-order valence-corrected chi connectivity index (χ3v) is 5.85. The zero-order valence-electron chi connectivity index (χ0n) is 17.1. The SMILES string of the molecule is COc1ccc(Cn2cc(CO)nc2SCC(=O)Nc2cccc3ccccc23)cc1. The van der Waals surface area contributed by atoms with E-state index in [0.29, 0.717) is 17.4 Å². The molecule has 0 bridgehead atoms. The second-order valence-corrected chi connectivity index (χ2v) is 7.95. The van der Waals surface area contributed by atoms with Crippen LogP contribution in [0.3, 0.4) is 0 Å². The van der Waals surface area contributed by atoms with E-state index in [1.54, 1.807) is 7.11 Å². The smallest absolute Gasteiger partial charge is 0.234 e. The molecular weight excluding hydrogens is 410 g/mol. The molecule has 158 valence electrons. The molecule has 3 aromatic carbocycles. The van der Waals surface area contributed by atoms with E-state index in [4.69, 9.17) is 4.74 Å². The third-order valence-electron chi connectivity index (χ3n) is 4.86. The number of ether oxygens (including phenoxy) is 1. The monoisotopic (exact) mass is 433 g/mol. The maximum atomic E-state index is 12.6. The van der Waals surface area contributed by atoms with Gasteiger partial charge in [-0.2, -0.15) is 0 Å². The van der Waals surface area contributed by atoms with Crippen molar-refractivity contribution >= 4 is 34.1 Å². The number of nitrogens with one attached hydrogen (secondary N) is 1. The number of rotatable bonds is 8. The topological polar surface area (TPSA) is 76.4 Å². The first-order chi connectivity index (χ1) is 15.2. The Bertz CT molecular complexity index is 1180. The fourth-order valence-electron chi connectivity index (χ4n) is 3.33. The van der Waals surface area contributed by atoms with Gasteiger partial charge in [0.25, 0.3) is 0 Å². The summed E-state index contributed by atoms with van der Waals surface area (Å²) in [6, 6.07) is 21.6. The molecule has 0 aliphatic rings. The van der Waals surface area contributed by atoms with Gasteiger partial charge in [-0.05, 0) is 29.1 Å². The quantitative estimate of drug-likeness (QED) is 0.405. The number of carbonyl (C=O) groups is 1. The van der Waals surface area contributed by atoms with Crippen LogP contribution in [0.25, 0.3) is 10.8 Å². The van der Waals surface area contributed by atoms with E-state index in [2.05, 4.69) is 10.3 Å². The second kappa shape index (κ2) is 9.68. The molecule has 1 amide bonds. The molecule has 0 radical (unpaired) electrons. The van der Waals surface area contributed by atoms with Crippen LogP contribution in [0.1, 0.15) is 11.3 Å². The number of hydrogen-bond donors (Lipinski definition) is 2. The van der Waals surface area contributed by atoms with E-state index in [-0.39, 0.29) is 18.3 Å². The van der Waals surface area contributed by atoms with Crippen LogP contribution in [0.4, 0.5) is 5.69 Å². The minimum atomic E-state index is -0.147. The summed E-state index contributed by atoms with van der Waals surface area (Å²) in [5.74, 6) is 0.907. The summed E-state index contributed by atoms with van der Waals surface area (Å²) in [5, 5.41) is 15.3. The minimum absolute atomic E-state index is 0.106. The molecule has 6 nitrogen and oxygen atoms in total. The lowest BCUT2D eigenvalue weighted by molar-refractivity contribution is -0.113. The zero-order chi connectivity index (χ0) is 21.6. The van der Waals surface area contributed by atoms with Gasteiger partial charge in [-0.25, -0.2) is 4.98 Å². The van der Waals surface area contributed by atoms with Gasteiger partial charge in [-0.1, -0.05) is 60.3 Å². The number of aliphatic hydroxyl groups is 1. The summed E-state index contributed by atoms with van der Waals surface area (Å²) in [7, 11) is 1.64. The highest BCUT2D eigenvalue weighted by Crippen LogP contribution is 2.24. The normalized spacial score (nSPS) is 10.9. The van der Waals surface area contributed by atoms with Crippen molar-refractivity contribution in [2.45, 2.75) is 18.3 Å². The summed E-state index contributed by atoms with van der Waals surface area (Å²) in [4.78, 5) is 17.1. The lowest BCUT2D eigenvalue weighted by Crippen LogP contribution is -2.15. The number of hydrogen-bond acceptors (Lipinski definition) is 5. The number of fused-ring (bicyclic) bond motifs is 1. The van der Waals surface area contributed by atoms with Crippen LogP contribution >= 0.6 is 11.8 Å². The van der Waals surface area contributed by atoms with Crippen molar-refractivity contribution < 1.29 is 14.6 Å². The number of benzene rings is 3. The fourth-order valence-corrected chi connectivity index (χ4v) is 4.13. The van der Waals surface area contributed by atoms with E-state index in [1.807, 2.05) is 77.5 Å². The zero-order valence-corrected chi connectivity index (χ0v) is 17.9. The van der Waals surface area contributed by atoms with Crippen LogP contribution in [0.2, 0.25) is 0 Å². The number of methoxy groups -OCH3 is 1. The van der Waals surface area contributed by atoms with Crippen molar-refractivity contribution in [2.24, 2.45) is 0 Å². The number of amides is 1. The molecule has 0 spiro atoms. The summed E-state index contributed by atoms with van der Waals surface area (Å²) in [5.41, 5.74) is 2.44. The highest BCUT2D eigenvalue weighted by atomic mass is 32.2. The summed E-state index contributed by atoms with van der Waals surface area (Å²) < 4.78 is 7.15. The lowest BCUT2D eigenvalue weighted by atomic mass is 10.1. The Hall–Kier alpha value is -3.29. The molecule has 7 heteroatoms. The minimum Gasteiger partial charge on any atom is -0.497 e. The predicted octanol–water partition coefficient (Wildman–Crippen LogP) is 4.32. The molecule has 0 atom stereocenters. The fraction of sp³-hybridized carbons (Fsp3) is 0.167. The van der Waals surface area contributed by atoms with Crippen LogP contribution in [-0.4, -0.2) is 33.4 Å². The van der Waals surface area contributed by atoms with Gasteiger partial charge in [0.2, 0.25) is 5.91 Å². The molecule has 0 unspecified atom stereocenters. The summed E-state index contributed by atoms with van der Waals surface area (Å²) >= 11 is 1.35. The van der Waals surface area contributed by atoms with Gasteiger partial charge in [0.1, 0.15) is 5.75 Å². The highest BCUT2D eigenvalue weighted by molar-refractivity contribution is 7.99. The lowest BCUT2D eigenvalue weighted by Gasteiger charge is -2.10. The highest BCUT2D eigenvalue weighted by Gasteiger charge is 2.12. The maximum Gasteiger partial charge on any atom is 0.234 e. The van der Waals surface area contributed by atoms with Gasteiger partial charge in [0, 0.05) is 23.8 Å². The van der Waals surface area contributed by atoms with Crippen molar-refractivity contribution in [3.05, 3.63) is 84.2 Å². The Morgan fingerprint density at radius 3 is 2.65 bits per heavy atom. The van der Waals surface area contributed by atoms with Gasteiger partial charge in [-0.15, -0.1) is 0 Å². The van der Waals surface area contributed by atoms with Crippen molar-refractivity contribution in [3.63, 3.8) is 0 Å². The van der Waals surface area contributed by atoms with E-state index >= 15 is 0 Å². The molecule has 31 heavy (non-hydrogen) atoms. The number of anilines is 1. The number of carbonyl (C=O) groups excluding carboxylic acids is 1. The molecule has 1 heterocycles. The van der Waals surface area contributed by atoms with Crippen molar-refractivity contribution in [2.75, 3.05) is 18.2 Å². The molecule has 4 aromatic rings. The number of aromatic nitrogens is 2. The maximum absolute atomic E-state index is 12.6. The Balaban J connectivity index is 1.44. The first kappa shape index (κ1) is 21.0. The Morgan fingerprint density at radius 2 is 1.87 bits per heavy atom. The average molecular weight is 434 g/mol. The van der Waals surface area contributed by atoms with Gasteiger partial charge in [0.05, 0.1) is 25.2 Å². The number of nitrogens with zero attached hydrogens (tertiary/aromatic N) is 2. The molecule has 2 N–H and O–H groups in total. The van der Waals surface area contributed by atoms with E-state index in [9.17, 15) is 9.90 Å². The van der Waals surface area contributed by atoms with Crippen molar-refractivity contribution in [1.82, 2.24) is 9.55 Å². The van der Waals surface area contributed by atoms with Gasteiger partial charge in [0.15, 0.2) is 5.16 Å². The van der Waals surface area contributed by atoms with Crippen molar-refractivity contribution in [1.29, 1.82) is 0 Å². The average Bonchev–Trinajstić information content (AvgIpc) is 3.20. The first-order valence-corrected chi connectivity index (χ1v) is 10.8. The van der Waals surface area contributed by atoms with E-state index < -0.39 is 0 Å². The summed E-state index contributed by atoms with van der Waals surface area (Å²) in [6.45, 7) is 0.440. The molecule has 0 fully saturated rings. The van der Waals surface area contributed by atoms with Crippen LogP contribution in [0.15, 0.2) is 78.1 Å². The standard InChI is InChI=1S/C24H23N3O3S/c1-30-20-11-9-17(10-12-20)13-27-14-19(15-28)25-24(27)31-16-23(29)26-22-8-4-6-18-5-2-3-7-21(18)22/h2-12,14,28H,13,15-16H2,1H3,(H,26,29). The Kier molecular flexibility index (Phi) is 6.54. The Morgan fingerprint density at radius 1 is 1.10 bits per heavy atom. The molecular formula is C24H23N3O3S. The van der Waals surface area contributed by atoms with Crippen LogP contribution in [-0.2, 0) is 17.9 Å². The molecule has 4 rings (SSSR count). The van der Waals surface area contributed by atoms with Gasteiger partial charge < -0.3 is 19.7 Å². The molecule has 0 saturated heterocycles. The van der Waals surface area contributed by atoms with Crippen molar-refractivity contribution in [3.8, 4) is 5.75 Å². The largest absolute Gasteiger partial charge is 0.497 e.